The first kappa shape index (κ1) is 12.7. The molecule has 0 heterocycles. The average Bonchev–Trinajstić information content (AvgIpc) is 2.26. The molecule has 0 saturated heterocycles. The van der Waals surface area contributed by atoms with E-state index in [9.17, 15) is 0 Å². The maximum atomic E-state index is 8.65. The molecule has 0 aliphatic carbocycles. The Morgan fingerprint density at radius 1 is 1.38 bits per heavy atom. The van der Waals surface area contributed by atoms with E-state index in [0.29, 0.717) is 6.04 Å². The van der Waals surface area contributed by atoms with Crippen LogP contribution in [0.25, 0.3) is 4.91 Å². The standard InChI is InChI=1S/C13H16N2S/c1-10(2)15-12-6-4-11(5-7-12)13(16-3)8-9-14/h4-8,10,15H,1-3H3/b13-8+. The summed E-state index contributed by atoms with van der Waals surface area (Å²) in [4.78, 5) is 0.999. The number of nitriles is 1. The first-order valence-corrected chi connectivity index (χ1v) is 6.40. The largest absolute Gasteiger partial charge is 0.383 e. The lowest BCUT2D eigenvalue weighted by Gasteiger charge is -2.10. The number of rotatable bonds is 4. The number of thioether (sulfide) groups is 1. The molecular weight excluding hydrogens is 216 g/mol. The number of hydrogen-bond acceptors (Lipinski definition) is 3. The van der Waals surface area contributed by atoms with E-state index >= 15 is 0 Å². The Morgan fingerprint density at radius 2 is 2.00 bits per heavy atom. The minimum absolute atomic E-state index is 0.431. The van der Waals surface area contributed by atoms with Crippen molar-refractivity contribution in [3.8, 4) is 6.07 Å². The highest BCUT2D eigenvalue weighted by Crippen LogP contribution is 2.25. The molecule has 1 aromatic carbocycles. The highest BCUT2D eigenvalue weighted by Gasteiger charge is 2.00. The summed E-state index contributed by atoms with van der Waals surface area (Å²) in [5, 5.41) is 12.0. The zero-order valence-corrected chi connectivity index (χ0v) is 10.6. The summed E-state index contributed by atoms with van der Waals surface area (Å²) in [6.07, 6.45) is 3.55. The molecular formula is C13H16N2S. The molecule has 0 bridgehead atoms. The normalized spacial score (nSPS) is 11.3. The van der Waals surface area contributed by atoms with Crippen LogP contribution in [0, 0.1) is 11.3 Å². The topological polar surface area (TPSA) is 35.8 Å². The molecule has 1 N–H and O–H groups in total. The van der Waals surface area contributed by atoms with Crippen LogP contribution in [-0.4, -0.2) is 12.3 Å². The van der Waals surface area contributed by atoms with Crippen LogP contribution in [0.5, 0.6) is 0 Å². The van der Waals surface area contributed by atoms with Crippen molar-refractivity contribution in [3.05, 3.63) is 35.9 Å². The Bertz CT molecular complexity index is 399. The van der Waals surface area contributed by atoms with Crippen LogP contribution < -0.4 is 5.32 Å². The van der Waals surface area contributed by atoms with Crippen LogP contribution in [0.1, 0.15) is 19.4 Å². The molecule has 0 amide bonds. The zero-order valence-electron chi connectivity index (χ0n) is 9.82. The van der Waals surface area contributed by atoms with E-state index < -0.39 is 0 Å². The molecule has 2 nitrogen and oxygen atoms in total. The van der Waals surface area contributed by atoms with Crippen LogP contribution in [0.15, 0.2) is 30.3 Å². The molecule has 0 aliphatic heterocycles. The van der Waals surface area contributed by atoms with E-state index in [-0.39, 0.29) is 0 Å². The van der Waals surface area contributed by atoms with Gasteiger partial charge in [0.15, 0.2) is 0 Å². The Balaban J connectivity index is 2.86. The predicted octanol–water partition coefficient (Wildman–Crippen LogP) is 3.73. The van der Waals surface area contributed by atoms with Crippen molar-refractivity contribution in [3.63, 3.8) is 0 Å². The molecule has 0 aromatic heterocycles. The molecule has 0 spiro atoms. The van der Waals surface area contributed by atoms with Crippen LogP contribution >= 0.6 is 11.8 Å². The molecule has 84 valence electrons. The Labute approximate surface area is 101 Å². The zero-order chi connectivity index (χ0) is 12.0. The summed E-state index contributed by atoms with van der Waals surface area (Å²) in [6, 6.07) is 10.6. The second-order valence-electron chi connectivity index (χ2n) is 3.72. The fourth-order valence-corrected chi connectivity index (χ4v) is 1.93. The Hall–Kier alpha value is -1.40. The van der Waals surface area contributed by atoms with Crippen molar-refractivity contribution in [1.29, 1.82) is 5.26 Å². The summed E-state index contributed by atoms with van der Waals surface area (Å²) < 4.78 is 0. The van der Waals surface area contributed by atoms with Crippen molar-refractivity contribution >= 4 is 22.4 Å². The van der Waals surface area contributed by atoms with Gasteiger partial charge >= 0.3 is 0 Å². The third kappa shape index (κ3) is 3.63. The lowest BCUT2D eigenvalue weighted by Crippen LogP contribution is -2.09. The first-order chi connectivity index (χ1) is 7.67. The van der Waals surface area contributed by atoms with Crippen molar-refractivity contribution in [2.75, 3.05) is 11.6 Å². The number of nitrogens with zero attached hydrogens (tertiary/aromatic N) is 1. The second kappa shape index (κ2) is 6.24. The van der Waals surface area contributed by atoms with Crippen molar-refractivity contribution in [2.24, 2.45) is 0 Å². The number of nitrogens with one attached hydrogen (secondary N) is 1. The van der Waals surface area contributed by atoms with E-state index in [1.807, 2.05) is 30.5 Å². The van der Waals surface area contributed by atoms with Crippen LogP contribution in [0.3, 0.4) is 0 Å². The third-order valence-electron chi connectivity index (χ3n) is 2.04. The van der Waals surface area contributed by atoms with Gasteiger partial charge in [-0.1, -0.05) is 12.1 Å². The molecule has 0 unspecified atom stereocenters. The summed E-state index contributed by atoms with van der Waals surface area (Å²) in [5.41, 5.74) is 2.19. The molecule has 0 fully saturated rings. The van der Waals surface area contributed by atoms with Gasteiger partial charge in [0.05, 0.1) is 6.07 Å². The quantitative estimate of drug-likeness (QED) is 0.803. The van der Waals surface area contributed by atoms with Gasteiger partial charge in [0.2, 0.25) is 0 Å². The minimum Gasteiger partial charge on any atom is -0.383 e. The van der Waals surface area contributed by atoms with Crippen molar-refractivity contribution in [1.82, 2.24) is 0 Å². The molecule has 0 atom stereocenters. The Morgan fingerprint density at radius 3 is 2.44 bits per heavy atom. The number of hydrogen-bond donors (Lipinski definition) is 1. The van der Waals surface area contributed by atoms with Gasteiger partial charge in [0, 0.05) is 22.7 Å². The van der Waals surface area contributed by atoms with Gasteiger partial charge in [-0.2, -0.15) is 5.26 Å². The number of anilines is 1. The fourth-order valence-electron chi connectivity index (χ4n) is 1.38. The summed E-state index contributed by atoms with van der Waals surface area (Å²) in [5.74, 6) is 0. The predicted molar refractivity (Wildman–Crippen MR) is 72.3 cm³/mol. The minimum atomic E-state index is 0.431. The third-order valence-corrected chi connectivity index (χ3v) is 2.83. The molecule has 16 heavy (non-hydrogen) atoms. The van der Waals surface area contributed by atoms with Gasteiger partial charge in [-0.3, -0.25) is 0 Å². The second-order valence-corrected chi connectivity index (χ2v) is 4.57. The number of benzene rings is 1. The summed E-state index contributed by atoms with van der Waals surface area (Å²) in [6.45, 7) is 4.22. The van der Waals surface area contributed by atoms with E-state index in [4.69, 9.17) is 5.26 Å². The van der Waals surface area contributed by atoms with E-state index in [1.54, 1.807) is 17.8 Å². The van der Waals surface area contributed by atoms with Crippen molar-refractivity contribution in [2.45, 2.75) is 19.9 Å². The van der Waals surface area contributed by atoms with Gasteiger partial charge < -0.3 is 5.32 Å². The fraction of sp³-hybridized carbons (Fsp3) is 0.308. The molecule has 1 aromatic rings. The lowest BCUT2D eigenvalue weighted by atomic mass is 10.2. The maximum Gasteiger partial charge on any atom is 0.0923 e. The molecule has 0 radical (unpaired) electrons. The van der Waals surface area contributed by atoms with E-state index in [1.165, 1.54) is 0 Å². The maximum absolute atomic E-state index is 8.65. The summed E-state index contributed by atoms with van der Waals surface area (Å²) >= 11 is 1.59. The smallest absolute Gasteiger partial charge is 0.0923 e. The number of allylic oxidation sites excluding steroid dienone is 1. The van der Waals surface area contributed by atoms with Crippen LogP contribution in [0.2, 0.25) is 0 Å². The average molecular weight is 232 g/mol. The SMILES string of the molecule is CS/C(=C/C#N)c1ccc(NC(C)C)cc1. The summed E-state index contributed by atoms with van der Waals surface area (Å²) in [7, 11) is 0. The molecule has 3 heteroatoms. The highest BCUT2D eigenvalue weighted by molar-refractivity contribution is 8.07. The monoisotopic (exact) mass is 232 g/mol. The van der Waals surface area contributed by atoms with E-state index in [2.05, 4.69) is 25.2 Å². The van der Waals surface area contributed by atoms with Crippen LogP contribution in [-0.2, 0) is 0 Å². The first-order valence-electron chi connectivity index (χ1n) is 5.18. The van der Waals surface area contributed by atoms with Gasteiger partial charge in [0.25, 0.3) is 0 Å². The van der Waals surface area contributed by atoms with Gasteiger partial charge in [-0.25, -0.2) is 0 Å². The van der Waals surface area contributed by atoms with Gasteiger partial charge in [-0.15, -0.1) is 11.8 Å². The molecule has 1 rings (SSSR count). The molecule has 0 aliphatic rings. The van der Waals surface area contributed by atoms with Gasteiger partial charge in [-0.05, 0) is 37.8 Å². The highest BCUT2D eigenvalue weighted by atomic mass is 32.2. The molecule has 0 saturated carbocycles. The van der Waals surface area contributed by atoms with Crippen molar-refractivity contribution < 1.29 is 0 Å². The lowest BCUT2D eigenvalue weighted by molar-refractivity contribution is 0.900. The van der Waals surface area contributed by atoms with Gasteiger partial charge in [0.1, 0.15) is 0 Å². The van der Waals surface area contributed by atoms with Crippen LogP contribution in [0.4, 0.5) is 5.69 Å². The Kier molecular flexibility index (Phi) is 4.94. The van der Waals surface area contributed by atoms with E-state index in [0.717, 1.165) is 16.2 Å².